The van der Waals surface area contributed by atoms with E-state index in [0.29, 0.717) is 26.4 Å². The van der Waals surface area contributed by atoms with Gasteiger partial charge in [0, 0.05) is 44.5 Å². The lowest BCUT2D eigenvalue weighted by atomic mass is 10.2. The molecule has 1 atom stereocenters. The van der Waals surface area contributed by atoms with Crippen LogP contribution >= 0.6 is 0 Å². The lowest BCUT2D eigenvalue weighted by Crippen LogP contribution is -2.49. The van der Waals surface area contributed by atoms with Gasteiger partial charge in [0.2, 0.25) is 0 Å². The van der Waals surface area contributed by atoms with Crippen LogP contribution in [0.4, 0.5) is 5.69 Å². The van der Waals surface area contributed by atoms with E-state index >= 15 is 0 Å². The average molecular weight is 417 g/mol. The topological polar surface area (TPSA) is 63.6 Å². The Labute approximate surface area is 178 Å². The molecular weight excluding hydrogens is 384 g/mol. The number of hydrogen-bond acceptors (Lipinski definition) is 7. The first-order valence-electron chi connectivity index (χ1n) is 10.3. The fourth-order valence-electron chi connectivity index (χ4n) is 3.46. The molecule has 0 unspecified atom stereocenters. The van der Waals surface area contributed by atoms with Gasteiger partial charge in [0.1, 0.15) is 23.9 Å². The number of benzene rings is 2. The first-order valence-corrected chi connectivity index (χ1v) is 10.3. The molecule has 164 valence electrons. The van der Waals surface area contributed by atoms with Crippen LogP contribution in [0.2, 0.25) is 0 Å². The van der Waals surface area contributed by atoms with Crippen molar-refractivity contribution in [2.75, 3.05) is 71.7 Å². The highest BCUT2D eigenvalue weighted by molar-refractivity contribution is 5.49. The van der Waals surface area contributed by atoms with Crippen LogP contribution in [0.25, 0.3) is 0 Å². The maximum absolute atomic E-state index is 10.3. The average Bonchev–Trinajstić information content (AvgIpc) is 2.79. The third-order valence-electron chi connectivity index (χ3n) is 5.13. The Kier molecular flexibility index (Phi) is 8.62. The van der Waals surface area contributed by atoms with Gasteiger partial charge >= 0.3 is 0 Å². The van der Waals surface area contributed by atoms with E-state index in [1.165, 1.54) is 5.69 Å². The Morgan fingerprint density at radius 2 is 1.57 bits per heavy atom. The number of piperazine rings is 1. The fraction of sp³-hybridized carbons (Fsp3) is 0.478. The summed E-state index contributed by atoms with van der Waals surface area (Å²) in [7, 11) is 3.30. The summed E-state index contributed by atoms with van der Waals surface area (Å²) in [5, 5.41) is 10.3. The van der Waals surface area contributed by atoms with Crippen molar-refractivity contribution in [2.45, 2.75) is 6.10 Å². The van der Waals surface area contributed by atoms with Crippen LogP contribution in [0.15, 0.2) is 48.5 Å². The summed E-state index contributed by atoms with van der Waals surface area (Å²) in [5.74, 6) is 2.37. The van der Waals surface area contributed by atoms with E-state index in [9.17, 15) is 5.11 Å². The number of ether oxygens (including phenoxy) is 4. The lowest BCUT2D eigenvalue weighted by Gasteiger charge is -2.36. The van der Waals surface area contributed by atoms with Gasteiger partial charge in [-0.1, -0.05) is 6.07 Å². The first-order chi connectivity index (χ1) is 14.7. The lowest BCUT2D eigenvalue weighted by molar-refractivity contribution is 0.00717. The Morgan fingerprint density at radius 3 is 2.27 bits per heavy atom. The van der Waals surface area contributed by atoms with Crippen molar-refractivity contribution in [2.24, 2.45) is 0 Å². The van der Waals surface area contributed by atoms with Crippen LogP contribution in [-0.2, 0) is 4.74 Å². The third kappa shape index (κ3) is 6.79. The molecule has 1 aliphatic heterocycles. The molecule has 0 aliphatic carbocycles. The maximum atomic E-state index is 10.3. The van der Waals surface area contributed by atoms with Crippen molar-refractivity contribution in [3.05, 3.63) is 48.5 Å². The summed E-state index contributed by atoms with van der Waals surface area (Å²) in [6, 6.07) is 15.6. The molecule has 0 spiro atoms. The van der Waals surface area contributed by atoms with Crippen molar-refractivity contribution < 1.29 is 24.1 Å². The molecule has 0 aromatic heterocycles. The van der Waals surface area contributed by atoms with Crippen molar-refractivity contribution in [3.63, 3.8) is 0 Å². The molecule has 1 aliphatic rings. The van der Waals surface area contributed by atoms with E-state index in [0.717, 1.165) is 43.4 Å². The summed E-state index contributed by atoms with van der Waals surface area (Å²) < 4.78 is 21.6. The highest BCUT2D eigenvalue weighted by Crippen LogP contribution is 2.21. The van der Waals surface area contributed by atoms with E-state index in [2.05, 4.69) is 21.9 Å². The highest BCUT2D eigenvalue weighted by atomic mass is 16.5. The van der Waals surface area contributed by atoms with E-state index in [1.54, 1.807) is 14.2 Å². The molecule has 1 fully saturated rings. The van der Waals surface area contributed by atoms with E-state index < -0.39 is 6.10 Å². The third-order valence-corrected chi connectivity index (χ3v) is 5.13. The first kappa shape index (κ1) is 22.2. The summed E-state index contributed by atoms with van der Waals surface area (Å²) in [6.45, 7) is 5.50. The largest absolute Gasteiger partial charge is 0.497 e. The van der Waals surface area contributed by atoms with Crippen LogP contribution in [-0.4, -0.2) is 82.9 Å². The number of β-amino-alcohol motifs (C(OH)–C–C–N with tert-alkyl or cyclic N) is 1. The fourth-order valence-corrected chi connectivity index (χ4v) is 3.46. The van der Waals surface area contributed by atoms with Gasteiger partial charge in [-0.3, -0.25) is 4.90 Å². The van der Waals surface area contributed by atoms with Gasteiger partial charge in [-0.15, -0.1) is 0 Å². The summed E-state index contributed by atoms with van der Waals surface area (Å²) in [4.78, 5) is 4.63. The predicted octanol–water partition coefficient (Wildman–Crippen LogP) is 2.28. The Bertz CT molecular complexity index is 748. The molecule has 1 saturated heterocycles. The van der Waals surface area contributed by atoms with E-state index in [1.807, 2.05) is 36.4 Å². The molecule has 3 rings (SSSR count). The zero-order valence-electron chi connectivity index (χ0n) is 17.8. The van der Waals surface area contributed by atoms with Crippen LogP contribution in [0.5, 0.6) is 17.2 Å². The molecule has 1 N–H and O–H groups in total. The second-order valence-corrected chi connectivity index (χ2v) is 7.24. The van der Waals surface area contributed by atoms with Crippen LogP contribution < -0.4 is 19.1 Å². The zero-order chi connectivity index (χ0) is 21.2. The van der Waals surface area contributed by atoms with Gasteiger partial charge in [0.15, 0.2) is 0 Å². The molecule has 7 nitrogen and oxygen atoms in total. The van der Waals surface area contributed by atoms with Crippen molar-refractivity contribution >= 4 is 5.69 Å². The van der Waals surface area contributed by atoms with Crippen molar-refractivity contribution in [3.8, 4) is 17.2 Å². The molecular formula is C23H32N2O5. The molecule has 2 aromatic rings. The molecule has 1 heterocycles. The minimum atomic E-state index is -0.505. The van der Waals surface area contributed by atoms with Gasteiger partial charge < -0.3 is 29.0 Å². The Hall–Kier alpha value is -2.48. The summed E-state index contributed by atoms with van der Waals surface area (Å²) in [5.41, 5.74) is 1.20. The number of nitrogens with zero attached hydrogens (tertiary/aromatic N) is 2. The normalized spacial score (nSPS) is 15.6. The predicted molar refractivity (Wildman–Crippen MR) is 117 cm³/mol. The maximum Gasteiger partial charge on any atom is 0.123 e. The monoisotopic (exact) mass is 416 g/mol. The van der Waals surface area contributed by atoms with Crippen molar-refractivity contribution in [1.29, 1.82) is 0 Å². The van der Waals surface area contributed by atoms with Gasteiger partial charge in [-0.25, -0.2) is 0 Å². The minimum absolute atomic E-state index is 0.306. The van der Waals surface area contributed by atoms with Crippen molar-refractivity contribution in [1.82, 2.24) is 4.90 Å². The number of aliphatic hydroxyl groups is 1. The molecule has 0 saturated carbocycles. The van der Waals surface area contributed by atoms with Crippen LogP contribution in [0.3, 0.4) is 0 Å². The quantitative estimate of drug-likeness (QED) is 0.564. The number of anilines is 1. The Morgan fingerprint density at radius 1 is 0.867 bits per heavy atom. The van der Waals surface area contributed by atoms with Crippen LogP contribution in [0, 0.1) is 0 Å². The summed E-state index contributed by atoms with van der Waals surface area (Å²) >= 11 is 0. The van der Waals surface area contributed by atoms with Gasteiger partial charge in [-0.2, -0.15) is 0 Å². The Balaban J connectivity index is 1.28. The van der Waals surface area contributed by atoms with E-state index in [4.69, 9.17) is 18.9 Å². The molecule has 2 aromatic carbocycles. The SMILES string of the molecule is COc1ccc(N2CCN(C[C@@H](O)COCCOc3cccc(OC)c3)CC2)cc1. The second-order valence-electron chi connectivity index (χ2n) is 7.24. The molecule has 30 heavy (non-hydrogen) atoms. The number of methoxy groups -OCH3 is 2. The van der Waals surface area contributed by atoms with E-state index in [-0.39, 0.29) is 0 Å². The second kappa shape index (κ2) is 11.6. The smallest absolute Gasteiger partial charge is 0.123 e. The molecule has 7 heteroatoms. The molecule has 0 radical (unpaired) electrons. The van der Waals surface area contributed by atoms with Crippen LogP contribution in [0.1, 0.15) is 0 Å². The zero-order valence-corrected chi connectivity index (χ0v) is 17.8. The summed E-state index contributed by atoms with van der Waals surface area (Å²) in [6.07, 6.45) is -0.505. The highest BCUT2D eigenvalue weighted by Gasteiger charge is 2.19. The number of aliphatic hydroxyl groups excluding tert-OH is 1. The van der Waals surface area contributed by atoms with Gasteiger partial charge in [0.05, 0.1) is 33.5 Å². The molecule has 0 bridgehead atoms. The van der Waals surface area contributed by atoms with Gasteiger partial charge in [0.25, 0.3) is 0 Å². The number of rotatable bonds is 11. The standard InChI is InChI=1S/C23H32N2O5/c1-27-21-8-6-19(7-9-21)25-12-10-24(11-13-25)17-20(26)18-29-14-15-30-23-5-3-4-22(16-23)28-2/h3-9,16,20,26H,10-15,17-18H2,1-2H3/t20-/m1/s1. The minimum Gasteiger partial charge on any atom is -0.497 e. The van der Waals surface area contributed by atoms with Gasteiger partial charge in [-0.05, 0) is 36.4 Å². The molecule has 0 amide bonds. The number of hydrogen-bond donors (Lipinski definition) is 1.